The van der Waals surface area contributed by atoms with E-state index in [4.69, 9.17) is 4.42 Å². The molecule has 1 aromatic carbocycles. The third-order valence-corrected chi connectivity index (χ3v) is 5.52. The minimum Gasteiger partial charge on any atom is -0.472 e. The van der Waals surface area contributed by atoms with Crippen LogP contribution < -0.4 is 20.9 Å². The summed E-state index contributed by atoms with van der Waals surface area (Å²) in [5, 5.41) is 9.20. The van der Waals surface area contributed by atoms with Crippen LogP contribution in [0.5, 0.6) is 0 Å². The van der Waals surface area contributed by atoms with E-state index in [1.54, 1.807) is 5.38 Å². The molecule has 0 spiro atoms. The lowest BCUT2D eigenvalue weighted by molar-refractivity contribution is -0.136. The molecule has 4 rings (SSSR count). The first kappa shape index (κ1) is 22.3. The zero-order valence-corrected chi connectivity index (χ0v) is 17.5. The number of thiazole rings is 1. The SMILES string of the molecule is O=C(Cc1csc(N2CCNC2=O)n1)Nc1ccc(NC(=O)c2ccoc2)cc1C(F)(F)F. The molecule has 0 saturated carbocycles. The van der Waals surface area contributed by atoms with Gasteiger partial charge in [-0.3, -0.25) is 14.5 Å². The number of amides is 4. The van der Waals surface area contributed by atoms with Crippen LogP contribution in [0.25, 0.3) is 0 Å². The second kappa shape index (κ2) is 8.94. The molecule has 1 aliphatic heterocycles. The van der Waals surface area contributed by atoms with Crippen molar-refractivity contribution in [2.45, 2.75) is 12.6 Å². The van der Waals surface area contributed by atoms with Gasteiger partial charge in [-0.25, -0.2) is 9.78 Å². The normalized spacial score (nSPS) is 13.7. The number of anilines is 3. The number of hydrogen-bond donors (Lipinski definition) is 3. The van der Waals surface area contributed by atoms with Crippen molar-refractivity contribution in [3.8, 4) is 0 Å². The standard InChI is InChI=1S/C20H16F3N5O4S/c21-20(22,23)14-7-12(25-17(30)11-3-6-32-9-11)1-2-15(14)27-16(29)8-13-10-33-19(26-13)28-5-4-24-18(28)31/h1-3,6-7,9-10H,4-5,8H2,(H,24,31)(H,25,30)(H,27,29). The molecule has 1 fully saturated rings. The quantitative estimate of drug-likeness (QED) is 0.498. The highest BCUT2D eigenvalue weighted by atomic mass is 32.1. The number of furan rings is 1. The van der Waals surface area contributed by atoms with Gasteiger partial charge >= 0.3 is 12.2 Å². The van der Waals surface area contributed by atoms with Crippen molar-refractivity contribution in [3.05, 3.63) is 59.0 Å². The summed E-state index contributed by atoms with van der Waals surface area (Å²) >= 11 is 1.16. The molecule has 0 unspecified atom stereocenters. The Labute approximate surface area is 188 Å². The number of aromatic nitrogens is 1. The van der Waals surface area contributed by atoms with Crippen LogP contribution in [-0.2, 0) is 17.4 Å². The average Bonchev–Trinajstić information content (AvgIpc) is 3.50. The van der Waals surface area contributed by atoms with Gasteiger partial charge in [0.25, 0.3) is 5.91 Å². The number of rotatable bonds is 6. The molecule has 0 atom stereocenters. The van der Waals surface area contributed by atoms with E-state index in [0.717, 1.165) is 29.7 Å². The molecule has 172 valence electrons. The number of nitrogens with one attached hydrogen (secondary N) is 3. The van der Waals surface area contributed by atoms with Crippen LogP contribution >= 0.6 is 11.3 Å². The fourth-order valence-corrected chi connectivity index (χ4v) is 3.93. The minimum atomic E-state index is -4.78. The maximum absolute atomic E-state index is 13.6. The molecule has 3 N–H and O–H groups in total. The summed E-state index contributed by atoms with van der Waals surface area (Å²) in [6.45, 7) is 0.920. The Hall–Kier alpha value is -3.87. The first-order valence-corrected chi connectivity index (χ1v) is 10.4. The second-order valence-electron chi connectivity index (χ2n) is 6.95. The van der Waals surface area contributed by atoms with Crippen LogP contribution in [0, 0.1) is 0 Å². The highest BCUT2D eigenvalue weighted by Gasteiger charge is 2.34. The molecular formula is C20H16F3N5O4S. The van der Waals surface area contributed by atoms with Gasteiger partial charge in [0.05, 0.1) is 35.2 Å². The molecule has 1 aliphatic rings. The Kier molecular flexibility index (Phi) is 6.05. The molecular weight excluding hydrogens is 463 g/mol. The van der Waals surface area contributed by atoms with Crippen LogP contribution in [0.15, 0.2) is 46.6 Å². The zero-order valence-electron chi connectivity index (χ0n) is 16.7. The summed E-state index contributed by atoms with van der Waals surface area (Å²) in [5.41, 5.74) is -1.20. The van der Waals surface area contributed by atoms with Crippen LogP contribution in [0.3, 0.4) is 0 Å². The van der Waals surface area contributed by atoms with Crippen molar-refractivity contribution in [2.75, 3.05) is 28.6 Å². The number of benzene rings is 1. The van der Waals surface area contributed by atoms with Crippen LogP contribution in [-0.4, -0.2) is 35.9 Å². The highest BCUT2D eigenvalue weighted by molar-refractivity contribution is 7.14. The number of halogens is 3. The summed E-state index contributed by atoms with van der Waals surface area (Å²) < 4.78 is 45.6. The van der Waals surface area contributed by atoms with E-state index in [2.05, 4.69) is 20.9 Å². The summed E-state index contributed by atoms with van der Waals surface area (Å²) in [6.07, 6.45) is -2.63. The van der Waals surface area contributed by atoms with Crippen molar-refractivity contribution in [1.29, 1.82) is 0 Å². The van der Waals surface area contributed by atoms with Gasteiger partial charge in [-0.2, -0.15) is 13.2 Å². The first-order chi connectivity index (χ1) is 15.7. The molecule has 0 aliphatic carbocycles. The van der Waals surface area contributed by atoms with E-state index in [1.165, 1.54) is 23.3 Å². The molecule has 9 nitrogen and oxygen atoms in total. The predicted molar refractivity (Wildman–Crippen MR) is 113 cm³/mol. The number of urea groups is 1. The fourth-order valence-electron chi connectivity index (χ4n) is 3.08. The highest BCUT2D eigenvalue weighted by Crippen LogP contribution is 2.37. The number of carbonyl (C=O) groups excluding carboxylic acids is 3. The molecule has 3 heterocycles. The van der Waals surface area contributed by atoms with Crippen molar-refractivity contribution in [2.24, 2.45) is 0 Å². The van der Waals surface area contributed by atoms with Crippen LogP contribution in [0.2, 0.25) is 0 Å². The van der Waals surface area contributed by atoms with Crippen molar-refractivity contribution in [3.63, 3.8) is 0 Å². The molecule has 4 amide bonds. The number of carbonyl (C=O) groups is 3. The van der Waals surface area contributed by atoms with Gasteiger partial charge in [-0.1, -0.05) is 0 Å². The molecule has 1 saturated heterocycles. The number of hydrogen-bond acceptors (Lipinski definition) is 6. The maximum atomic E-state index is 13.6. The monoisotopic (exact) mass is 479 g/mol. The van der Waals surface area contributed by atoms with Crippen LogP contribution in [0.4, 0.5) is 34.5 Å². The van der Waals surface area contributed by atoms with E-state index < -0.39 is 29.2 Å². The summed E-state index contributed by atoms with van der Waals surface area (Å²) in [6, 6.07) is 4.12. The topological polar surface area (TPSA) is 117 Å². The Morgan fingerprint density at radius 1 is 1.24 bits per heavy atom. The molecule has 0 radical (unpaired) electrons. The first-order valence-electron chi connectivity index (χ1n) is 9.55. The lowest BCUT2D eigenvalue weighted by Gasteiger charge is -2.15. The van der Waals surface area contributed by atoms with E-state index in [1.807, 2.05) is 0 Å². The Bertz CT molecular complexity index is 1190. The Morgan fingerprint density at radius 2 is 2.06 bits per heavy atom. The van der Waals surface area contributed by atoms with Gasteiger partial charge in [0.15, 0.2) is 5.13 Å². The summed E-state index contributed by atoms with van der Waals surface area (Å²) in [5.74, 6) is -1.35. The van der Waals surface area contributed by atoms with Crippen molar-refractivity contribution < 1.29 is 32.0 Å². The van der Waals surface area contributed by atoms with E-state index in [9.17, 15) is 27.6 Å². The molecule has 13 heteroatoms. The maximum Gasteiger partial charge on any atom is 0.418 e. The van der Waals surface area contributed by atoms with Crippen molar-refractivity contribution >= 4 is 45.7 Å². The largest absolute Gasteiger partial charge is 0.472 e. The van der Waals surface area contributed by atoms with Crippen LogP contribution in [0.1, 0.15) is 21.6 Å². The molecule has 2 aromatic heterocycles. The van der Waals surface area contributed by atoms with E-state index >= 15 is 0 Å². The molecule has 3 aromatic rings. The number of alkyl halides is 3. The lowest BCUT2D eigenvalue weighted by Crippen LogP contribution is -2.27. The fraction of sp³-hybridized carbons (Fsp3) is 0.200. The van der Waals surface area contributed by atoms with Gasteiger partial charge in [0.1, 0.15) is 6.26 Å². The third-order valence-electron chi connectivity index (χ3n) is 4.61. The Balaban J connectivity index is 1.46. The van der Waals surface area contributed by atoms with E-state index in [-0.39, 0.29) is 23.7 Å². The summed E-state index contributed by atoms with van der Waals surface area (Å²) in [7, 11) is 0. The lowest BCUT2D eigenvalue weighted by atomic mass is 10.1. The van der Waals surface area contributed by atoms with Gasteiger partial charge in [0, 0.05) is 24.2 Å². The summed E-state index contributed by atoms with van der Waals surface area (Å²) in [4.78, 5) is 41.8. The zero-order chi connectivity index (χ0) is 23.6. The second-order valence-corrected chi connectivity index (χ2v) is 7.79. The Morgan fingerprint density at radius 3 is 2.73 bits per heavy atom. The third kappa shape index (κ3) is 5.14. The molecule has 0 bridgehead atoms. The average molecular weight is 479 g/mol. The minimum absolute atomic E-state index is 0.0976. The van der Waals surface area contributed by atoms with Crippen molar-refractivity contribution in [1.82, 2.24) is 10.3 Å². The van der Waals surface area contributed by atoms with Gasteiger partial charge < -0.3 is 20.4 Å². The molecule has 33 heavy (non-hydrogen) atoms. The smallest absolute Gasteiger partial charge is 0.418 e. The van der Waals surface area contributed by atoms with E-state index in [0.29, 0.717) is 23.9 Å². The predicted octanol–water partition coefficient (Wildman–Crippen LogP) is 3.72. The van der Waals surface area contributed by atoms with Gasteiger partial charge in [-0.15, -0.1) is 11.3 Å². The van der Waals surface area contributed by atoms with Gasteiger partial charge in [-0.05, 0) is 24.3 Å². The van der Waals surface area contributed by atoms with Gasteiger partial charge in [0.2, 0.25) is 5.91 Å². The number of nitrogens with zero attached hydrogens (tertiary/aromatic N) is 2.